The smallest absolute Gasteiger partial charge is 0.389 e. The topological polar surface area (TPSA) is 38.0 Å². The van der Waals surface area contributed by atoms with Crippen molar-refractivity contribution in [3.63, 3.8) is 0 Å². The number of hydrogen-bond donors (Lipinski definition) is 2. The van der Waals surface area contributed by atoms with Crippen molar-refractivity contribution in [1.29, 1.82) is 0 Å². The van der Waals surface area contributed by atoms with Crippen molar-refractivity contribution in [1.82, 2.24) is 0 Å². The Kier molecular flexibility index (Phi) is 5.93. The summed E-state index contributed by atoms with van der Waals surface area (Å²) in [6.45, 7) is 0.229. The summed E-state index contributed by atoms with van der Waals surface area (Å²) in [4.78, 5) is 1.15. The highest BCUT2D eigenvalue weighted by atomic mass is 32.2. The average Bonchev–Trinajstić information content (AvgIpc) is 2.32. The third-order valence-electron chi connectivity index (χ3n) is 2.45. The second kappa shape index (κ2) is 7.00. The first kappa shape index (κ1) is 16.1. The molecule has 106 valence electrons. The fraction of sp³-hybridized carbons (Fsp3) is 0.417. The van der Waals surface area contributed by atoms with Gasteiger partial charge >= 0.3 is 6.18 Å². The SMILES string of the molecule is CSc1cccc(NCCCC(F)(F)F)c1C(N)=S. The summed E-state index contributed by atoms with van der Waals surface area (Å²) in [6.07, 6.45) is -3.01. The maximum absolute atomic E-state index is 12.0. The van der Waals surface area contributed by atoms with E-state index in [-0.39, 0.29) is 18.0 Å². The van der Waals surface area contributed by atoms with Crippen LogP contribution in [0.15, 0.2) is 23.1 Å². The number of alkyl halides is 3. The molecule has 0 aromatic heterocycles. The summed E-state index contributed by atoms with van der Waals surface area (Å²) < 4.78 is 36.1. The predicted molar refractivity (Wildman–Crippen MR) is 77.9 cm³/mol. The van der Waals surface area contributed by atoms with Crippen LogP contribution in [0, 0.1) is 0 Å². The van der Waals surface area contributed by atoms with Crippen molar-refractivity contribution < 1.29 is 13.2 Å². The maximum atomic E-state index is 12.0. The van der Waals surface area contributed by atoms with E-state index in [1.807, 2.05) is 18.4 Å². The summed E-state index contributed by atoms with van der Waals surface area (Å²) in [5.41, 5.74) is 7.04. The molecule has 1 rings (SSSR count). The molecule has 0 radical (unpaired) electrons. The molecule has 0 heterocycles. The Labute approximate surface area is 119 Å². The Bertz CT molecular complexity index is 447. The van der Waals surface area contributed by atoms with Crippen molar-refractivity contribution in [3.05, 3.63) is 23.8 Å². The van der Waals surface area contributed by atoms with Gasteiger partial charge in [0, 0.05) is 29.1 Å². The Balaban J connectivity index is 2.70. The van der Waals surface area contributed by atoms with Crippen LogP contribution in [0.1, 0.15) is 18.4 Å². The third kappa shape index (κ3) is 5.28. The summed E-state index contributed by atoms with van der Waals surface area (Å²) in [5.74, 6) is 0. The van der Waals surface area contributed by atoms with Crippen molar-refractivity contribution in [2.75, 3.05) is 18.1 Å². The van der Waals surface area contributed by atoms with Crippen LogP contribution in [0.2, 0.25) is 0 Å². The van der Waals surface area contributed by atoms with E-state index in [0.29, 0.717) is 11.3 Å². The first-order valence-electron chi connectivity index (χ1n) is 5.62. The molecule has 0 aliphatic rings. The molecule has 0 bridgehead atoms. The fourth-order valence-corrected chi connectivity index (χ4v) is 2.54. The lowest BCUT2D eigenvalue weighted by Gasteiger charge is -2.14. The van der Waals surface area contributed by atoms with Gasteiger partial charge in [-0.15, -0.1) is 11.8 Å². The van der Waals surface area contributed by atoms with Gasteiger partial charge in [-0.25, -0.2) is 0 Å². The minimum absolute atomic E-state index is 0.0176. The molecule has 0 unspecified atom stereocenters. The first-order chi connectivity index (χ1) is 8.85. The zero-order valence-electron chi connectivity index (χ0n) is 10.4. The number of benzene rings is 1. The molecule has 2 nitrogen and oxygen atoms in total. The van der Waals surface area contributed by atoms with Crippen LogP contribution in [0.25, 0.3) is 0 Å². The van der Waals surface area contributed by atoms with Crippen LogP contribution in [0.4, 0.5) is 18.9 Å². The van der Waals surface area contributed by atoms with E-state index in [4.69, 9.17) is 18.0 Å². The number of rotatable bonds is 6. The standard InChI is InChI=1S/C12H15F3N2S2/c1-19-9-5-2-4-8(10(9)11(16)18)17-7-3-6-12(13,14)15/h2,4-5,17H,3,6-7H2,1H3,(H2,16,18). The van der Waals surface area contributed by atoms with Gasteiger partial charge in [-0.2, -0.15) is 13.2 Å². The van der Waals surface area contributed by atoms with Gasteiger partial charge in [-0.1, -0.05) is 18.3 Å². The highest BCUT2D eigenvalue weighted by Gasteiger charge is 2.25. The molecule has 0 saturated heterocycles. The van der Waals surface area contributed by atoms with Gasteiger partial charge in [0.25, 0.3) is 0 Å². The van der Waals surface area contributed by atoms with Gasteiger partial charge in [0.1, 0.15) is 4.99 Å². The molecule has 0 spiro atoms. The molecule has 0 aliphatic carbocycles. The lowest BCUT2D eigenvalue weighted by molar-refractivity contribution is -0.134. The first-order valence-corrected chi connectivity index (χ1v) is 7.26. The maximum Gasteiger partial charge on any atom is 0.389 e. The molecule has 0 atom stereocenters. The van der Waals surface area contributed by atoms with Crippen molar-refractivity contribution in [2.24, 2.45) is 5.73 Å². The van der Waals surface area contributed by atoms with Crippen molar-refractivity contribution >= 4 is 34.7 Å². The highest BCUT2D eigenvalue weighted by Crippen LogP contribution is 2.27. The number of thioether (sulfide) groups is 1. The molecule has 3 N–H and O–H groups in total. The fourth-order valence-electron chi connectivity index (χ4n) is 1.61. The summed E-state index contributed by atoms with van der Waals surface area (Å²) in [5, 5.41) is 2.96. The van der Waals surface area contributed by atoms with E-state index < -0.39 is 12.6 Å². The molecule has 0 fully saturated rings. The molecule has 0 amide bonds. The van der Waals surface area contributed by atoms with E-state index in [0.717, 1.165) is 4.90 Å². The molecular weight excluding hydrogens is 293 g/mol. The number of halogens is 3. The number of thiocarbonyl (C=S) groups is 1. The Morgan fingerprint density at radius 3 is 2.63 bits per heavy atom. The lowest BCUT2D eigenvalue weighted by atomic mass is 10.1. The lowest BCUT2D eigenvalue weighted by Crippen LogP contribution is -2.16. The molecule has 1 aromatic carbocycles. The van der Waals surface area contributed by atoms with Gasteiger partial charge in [-0.3, -0.25) is 0 Å². The van der Waals surface area contributed by atoms with Gasteiger partial charge in [-0.05, 0) is 24.8 Å². The number of nitrogens with two attached hydrogens (primary N) is 1. The zero-order valence-corrected chi connectivity index (χ0v) is 12.0. The Hall–Kier alpha value is -0.950. The highest BCUT2D eigenvalue weighted by molar-refractivity contribution is 7.98. The number of hydrogen-bond acceptors (Lipinski definition) is 3. The van der Waals surface area contributed by atoms with Crippen LogP contribution in [0.5, 0.6) is 0 Å². The second-order valence-electron chi connectivity index (χ2n) is 3.89. The zero-order chi connectivity index (χ0) is 14.5. The normalized spacial score (nSPS) is 11.4. The number of nitrogens with one attached hydrogen (secondary N) is 1. The van der Waals surface area contributed by atoms with Gasteiger partial charge in [0.05, 0.1) is 0 Å². The van der Waals surface area contributed by atoms with E-state index in [1.54, 1.807) is 6.07 Å². The second-order valence-corrected chi connectivity index (χ2v) is 5.18. The van der Waals surface area contributed by atoms with E-state index in [1.165, 1.54) is 11.8 Å². The van der Waals surface area contributed by atoms with Crippen LogP contribution < -0.4 is 11.1 Å². The summed E-state index contributed by atoms with van der Waals surface area (Å²) in [6, 6.07) is 5.46. The van der Waals surface area contributed by atoms with Crippen LogP contribution in [-0.2, 0) is 0 Å². The summed E-state index contributed by atoms with van der Waals surface area (Å²) >= 11 is 6.48. The Morgan fingerprint density at radius 2 is 2.11 bits per heavy atom. The molecule has 19 heavy (non-hydrogen) atoms. The van der Waals surface area contributed by atoms with Crippen molar-refractivity contribution in [3.8, 4) is 0 Å². The third-order valence-corrected chi connectivity index (χ3v) is 3.43. The van der Waals surface area contributed by atoms with E-state index >= 15 is 0 Å². The van der Waals surface area contributed by atoms with E-state index in [9.17, 15) is 13.2 Å². The van der Waals surface area contributed by atoms with Crippen molar-refractivity contribution in [2.45, 2.75) is 23.9 Å². The molecule has 0 aliphatic heterocycles. The molecule has 7 heteroatoms. The van der Waals surface area contributed by atoms with Gasteiger partial charge in [0.15, 0.2) is 0 Å². The quantitative estimate of drug-likeness (QED) is 0.476. The number of anilines is 1. The van der Waals surface area contributed by atoms with Gasteiger partial charge < -0.3 is 11.1 Å². The molecular formula is C12H15F3N2S2. The van der Waals surface area contributed by atoms with Crippen LogP contribution >= 0.6 is 24.0 Å². The van der Waals surface area contributed by atoms with Crippen LogP contribution in [0.3, 0.4) is 0 Å². The molecule has 0 saturated carbocycles. The average molecular weight is 308 g/mol. The Morgan fingerprint density at radius 1 is 1.42 bits per heavy atom. The minimum atomic E-state index is -4.12. The minimum Gasteiger partial charge on any atom is -0.389 e. The predicted octanol–water partition coefficient (Wildman–Crippen LogP) is 3.80. The van der Waals surface area contributed by atoms with Crippen LogP contribution in [-0.4, -0.2) is 24.0 Å². The largest absolute Gasteiger partial charge is 0.389 e. The van der Waals surface area contributed by atoms with Gasteiger partial charge in [0.2, 0.25) is 0 Å². The monoisotopic (exact) mass is 308 g/mol. The summed E-state index contributed by atoms with van der Waals surface area (Å²) in [7, 11) is 0. The molecule has 1 aromatic rings. The van der Waals surface area contributed by atoms with E-state index in [2.05, 4.69) is 5.32 Å².